The van der Waals surface area contributed by atoms with Crippen LogP contribution in [0.1, 0.15) is 28.4 Å². The minimum atomic E-state index is -0.855. The summed E-state index contributed by atoms with van der Waals surface area (Å²) in [5, 5.41) is 11.4. The fourth-order valence-corrected chi connectivity index (χ4v) is 4.53. The molecule has 7 heteroatoms. The Kier molecular flexibility index (Phi) is 5.32. The number of aliphatic hydroxyl groups excluding tert-OH is 1. The summed E-state index contributed by atoms with van der Waals surface area (Å²) < 4.78 is 5.70. The Hall–Kier alpha value is -4.13. The first-order valence-electron chi connectivity index (χ1n) is 11.1. The molecule has 0 bridgehead atoms. The molecular weight excluding hydrogens is 430 g/mol. The van der Waals surface area contributed by atoms with Crippen LogP contribution >= 0.6 is 0 Å². The quantitative estimate of drug-likeness (QED) is 0.363. The number of aryl methyl sites for hydroxylation is 2. The van der Waals surface area contributed by atoms with E-state index in [1.54, 1.807) is 42.6 Å². The first-order chi connectivity index (χ1) is 16.4. The third-order valence-electron chi connectivity index (χ3n) is 6.36. The van der Waals surface area contributed by atoms with E-state index in [-0.39, 0.29) is 11.3 Å². The van der Waals surface area contributed by atoms with Crippen molar-refractivity contribution in [3.63, 3.8) is 0 Å². The molecule has 172 valence electrons. The summed E-state index contributed by atoms with van der Waals surface area (Å²) in [4.78, 5) is 34.6. The van der Waals surface area contributed by atoms with E-state index >= 15 is 0 Å². The van der Waals surface area contributed by atoms with Crippen molar-refractivity contribution in [3.05, 3.63) is 88.8 Å². The van der Waals surface area contributed by atoms with Gasteiger partial charge in [0.05, 0.1) is 23.5 Å². The van der Waals surface area contributed by atoms with Crippen LogP contribution in [0.2, 0.25) is 0 Å². The van der Waals surface area contributed by atoms with Crippen LogP contribution in [0.4, 0.5) is 11.4 Å². The monoisotopic (exact) mass is 455 g/mol. The van der Waals surface area contributed by atoms with Gasteiger partial charge in [-0.1, -0.05) is 18.2 Å². The zero-order valence-electron chi connectivity index (χ0n) is 19.3. The topological polar surface area (TPSA) is 83.0 Å². The molecule has 1 atom stereocenters. The van der Waals surface area contributed by atoms with Crippen molar-refractivity contribution in [3.8, 4) is 5.75 Å². The molecule has 2 aromatic carbocycles. The Morgan fingerprint density at radius 3 is 2.65 bits per heavy atom. The molecule has 2 aliphatic rings. The van der Waals surface area contributed by atoms with Crippen LogP contribution in [0.5, 0.6) is 5.75 Å². The number of hydrogen-bond donors (Lipinski definition) is 1. The second-order valence-corrected chi connectivity index (χ2v) is 8.67. The average molecular weight is 456 g/mol. The molecule has 5 rings (SSSR count). The lowest BCUT2D eigenvalue weighted by Gasteiger charge is -2.28. The lowest BCUT2D eigenvalue weighted by molar-refractivity contribution is -0.132. The number of pyridine rings is 1. The molecule has 1 aromatic heterocycles. The van der Waals surface area contributed by atoms with Crippen LogP contribution in [-0.4, -0.2) is 42.0 Å². The number of aromatic nitrogens is 1. The first-order valence-corrected chi connectivity index (χ1v) is 11.1. The molecule has 1 fully saturated rings. The lowest BCUT2D eigenvalue weighted by Crippen LogP contribution is -2.30. The number of Topliss-reactive ketones (excluding diaryl/α,β-unsaturated/α-hetero) is 1. The summed E-state index contributed by atoms with van der Waals surface area (Å²) in [5.74, 6) is -0.952. The maximum Gasteiger partial charge on any atom is 0.300 e. The normalized spacial score (nSPS) is 19.2. The third-order valence-corrected chi connectivity index (χ3v) is 6.36. The van der Waals surface area contributed by atoms with E-state index in [1.165, 1.54) is 4.90 Å². The van der Waals surface area contributed by atoms with Crippen molar-refractivity contribution in [2.45, 2.75) is 19.9 Å². The van der Waals surface area contributed by atoms with E-state index in [0.29, 0.717) is 35.8 Å². The fraction of sp³-hybridized carbons (Fsp3) is 0.222. The second-order valence-electron chi connectivity index (χ2n) is 8.67. The average Bonchev–Trinajstić information content (AvgIpc) is 3.11. The van der Waals surface area contributed by atoms with Crippen LogP contribution in [0.15, 0.2) is 66.4 Å². The highest BCUT2D eigenvalue weighted by molar-refractivity contribution is 6.51. The van der Waals surface area contributed by atoms with Gasteiger partial charge in [-0.15, -0.1) is 0 Å². The molecule has 2 aliphatic heterocycles. The Labute approximate surface area is 197 Å². The van der Waals surface area contributed by atoms with Gasteiger partial charge in [-0.05, 0) is 61.4 Å². The van der Waals surface area contributed by atoms with E-state index in [1.807, 2.05) is 44.0 Å². The van der Waals surface area contributed by atoms with Gasteiger partial charge in [0.2, 0.25) is 0 Å². The summed E-state index contributed by atoms with van der Waals surface area (Å²) in [6.07, 6.45) is 1.61. The molecule has 3 aromatic rings. The van der Waals surface area contributed by atoms with Crippen LogP contribution in [0.3, 0.4) is 0 Å². The lowest BCUT2D eigenvalue weighted by atomic mass is 9.97. The van der Waals surface area contributed by atoms with Crippen molar-refractivity contribution < 1.29 is 19.4 Å². The number of likely N-dealkylation sites (N-methyl/N-ethyl adjacent to an activating group) is 1. The number of hydrogen-bond acceptors (Lipinski definition) is 6. The fourth-order valence-electron chi connectivity index (χ4n) is 4.53. The van der Waals surface area contributed by atoms with Gasteiger partial charge in [0.1, 0.15) is 24.2 Å². The molecule has 1 N–H and O–H groups in total. The van der Waals surface area contributed by atoms with E-state index < -0.39 is 17.7 Å². The van der Waals surface area contributed by atoms with E-state index in [4.69, 9.17) is 4.74 Å². The van der Waals surface area contributed by atoms with Crippen LogP contribution in [0, 0.1) is 13.8 Å². The molecule has 0 saturated carbocycles. The summed E-state index contributed by atoms with van der Waals surface area (Å²) >= 11 is 0. The number of carbonyl (C=O) groups is 2. The largest absolute Gasteiger partial charge is 0.507 e. The van der Waals surface area contributed by atoms with Gasteiger partial charge in [0.15, 0.2) is 0 Å². The molecule has 1 unspecified atom stereocenters. The molecule has 3 heterocycles. The highest BCUT2D eigenvalue weighted by Gasteiger charge is 2.48. The zero-order chi connectivity index (χ0) is 24.0. The zero-order valence-corrected chi connectivity index (χ0v) is 19.3. The molecule has 7 nitrogen and oxygen atoms in total. The van der Waals surface area contributed by atoms with Crippen molar-refractivity contribution >= 4 is 28.8 Å². The number of benzene rings is 2. The molecule has 1 saturated heterocycles. The second kappa shape index (κ2) is 8.33. The van der Waals surface area contributed by atoms with Crippen LogP contribution in [0.25, 0.3) is 5.76 Å². The summed E-state index contributed by atoms with van der Waals surface area (Å²) in [7, 11) is 1.94. The predicted molar refractivity (Wildman–Crippen MR) is 130 cm³/mol. The minimum absolute atomic E-state index is 0.0175. The summed E-state index contributed by atoms with van der Waals surface area (Å²) in [6, 6.07) is 15.5. The van der Waals surface area contributed by atoms with Crippen molar-refractivity contribution in [1.82, 2.24) is 4.98 Å². The van der Waals surface area contributed by atoms with Gasteiger partial charge in [-0.25, -0.2) is 0 Å². The summed E-state index contributed by atoms with van der Waals surface area (Å²) in [6.45, 7) is 5.11. The Morgan fingerprint density at radius 2 is 1.88 bits per heavy atom. The van der Waals surface area contributed by atoms with Crippen molar-refractivity contribution in [1.29, 1.82) is 0 Å². The van der Waals surface area contributed by atoms with Gasteiger partial charge in [-0.2, -0.15) is 0 Å². The van der Waals surface area contributed by atoms with E-state index in [9.17, 15) is 14.7 Å². The predicted octanol–water partition coefficient (Wildman–Crippen LogP) is 4.15. The summed E-state index contributed by atoms with van der Waals surface area (Å²) in [5.41, 5.74) is 4.20. The van der Waals surface area contributed by atoms with Crippen LogP contribution < -0.4 is 14.5 Å². The number of carbonyl (C=O) groups excluding carboxylic acids is 2. The number of ketones is 1. The van der Waals surface area contributed by atoms with Gasteiger partial charge in [-0.3, -0.25) is 19.5 Å². The maximum atomic E-state index is 13.4. The maximum absolute atomic E-state index is 13.4. The molecular formula is C27H25N3O4. The standard InChI is InChI=1S/C27H25N3O4/c1-16-7-8-17(2)20(14-16)30-24(19-6-4-5-11-28-19)23(26(32)27(30)33)25(31)18-9-10-22-21(15-18)29(3)12-13-34-22/h4-11,14-15,24,31H,12-13H2,1-3H3/b25-23-. The Morgan fingerprint density at radius 1 is 1.06 bits per heavy atom. The Bertz CT molecular complexity index is 1330. The number of aliphatic hydroxyl groups is 1. The smallest absolute Gasteiger partial charge is 0.300 e. The van der Waals surface area contributed by atoms with E-state index in [0.717, 1.165) is 16.8 Å². The SMILES string of the molecule is Cc1ccc(C)c(N2C(=O)C(=O)/C(=C(\O)c3ccc4c(c3)N(C)CCO4)C2c2ccccn2)c1. The number of rotatable bonds is 3. The van der Waals surface area contributed by atoms with Crippen molar-refractivity contribution in [2.75, 3.05) is 30.0 Å². The Balaban J connectivity index is 1.72. The van der Waals surface area contributed by atoms with E-state index in [2.05, 4.69) is 4.98 Å². The first kappa shape index (κ1) is 21.7. The molecule has 0 radical (unpaired) electrons. The molecule has 34 heavy (non-hydrogen) atoms. The number of fused-ring (bicyclic) bond motifs is 1. The highest BCUT2D eigenvalue weighted by Crippen LogP contribution is 2.43. The number of anilines is 2. The molecule has 0 spiro atoms. The third kappa shape index (κ3) is 3.50. The number of nitrogens with zero attached hydrogens (tertiary/aromatic N) is 3. The highest BCUT2D eigenvalue weighted by atomic mass is 16.5. The van der Waals surface area contributed by atoms with Gasteiger partial charge < -0.3 is 14.7 Å². The number of amides is 1. The van der Waals surface area contributed by atoms with Gasteiger partial charge in [0.25, 0.3) is 11.7 Å². The van der Waals surface area contributed by atoms with Crippen LogP contribution in [-0.2, 0) is 9.59 Å². The molecule has 0 aliphatic carbocycles. The minimum Gasteiger partial charge on any atom is -0.507 e. The number of ether oxygens (including phenoxy) is 1. The van der Waals surface area contributed by atoms with Gasteiger partial charge >= 0.3 is 0 Å². The van der Waals surface area contributed by atoms with Gasteiger partial charge in [0, 0.05) is 24.5 Å². The van der Waals surface area contributed by atoms with Crippen molar-refractivity contribution in [2.24, 2.45) is 0 Å². The molecule has 1 amide bonds.